The van der Waals surface area contributed by atoms with Crippen LogP contribution in [0, 0.1) is 5.41 Å². The lowest BCUT2D eigenvalue weighted by Gasteiger charge is -2.30. The van der Waals surface area contributed by atoms with E-state index in [9.17, 15) is 0 Å². The average Bonchev–Trinajstić information content (AvgIpc) is 1.92. The van der Waals surface area contributed by atoms with Gasteiger partial charge < -0.3 is 5.11 Å². The van der Waals surface area contributed by atoms with Crippen molar-refractivity contribution in [3.05, 3.63) is 23.5 Å². The molecule has 1 aliphatic carbocycles. The van der Waals surface area contributed by atoms with Gasteiger partial charge in [0.25, 0.3) is 0 Å². The van der Waals surface area contributed by atoms with Crippen molar-refractivity contribution in [2.75, 3.05) is 0 Å². The van der Waals surface area contributed by atoms with Crippen LogP contribution in [0.5, 0.6) is 0 Å². The predicted octanol–water partition coefficient (Wildman–Crippen LogP) is 3.58. The molecule has 68 valence electrons. The molecular weight excluding hydrogens is 148 g/mol. The minimum Gasteiger partial charge on any atom is -0.513 e. The van der Waals surface area contributed by atoms with E-state index in [2.05, 4.69) is 19.9 Å². The molecule has 1 heteroatoms. The second kappa shape index (κ2) is 3.34. The number of aliphatic hydroxyl groups is 1. The van der Waals surface area contributed by atoms with Crippen LogP contribution in [-0.4, -0.2) is 5.11 Å². The summed E-state index contributed by atoms with van der Waals surface area (Å²) >= 11 is 0. The maximum Gasteiger partial charge on any atom is 0.0894 e. The fraction of sp³-hybridized carbons (Fsp3) is 0.636. The van der Waals surface area contributed by atoms with E-state index >= 15 is 0 Å². The van der Waals surface area contributed by atoms with Gasteiger partial charge in [-0.2, -0.15) is 0 Å². The molecule has 0 radical (unpaired) electrons. The van der Waals surface area contributed by atoms with Gasteiger partial charge in [-0.05, 0) is 43.3 Å². The highest BCUT2D eigenvalue weighted by molar-refractivity contribution is 5.28. The van der Waals surface area contributed by atoms with Crippen LogP contribution in [0.1, 0.15) is 40.0 Å². The molecule has 0 aliphatic heterocycles. The number of allylic oxidation sites excluding steroid dienone is 4. The molecule has 0 spiro atoms. The zero-order chi connectivity index (χ0) is 9.19. The molecule has 1 nitrogen and oxygen atoms in total. The van der Waals surface area contributed by atoms with E-state index in [1.807, 2.05) is 6.08 Å². The zero-order valence-electron chi connectivity index (χ0n) is 8.22. The predicted molar refractivity (Wildman–Crippen MR) is 52.1 cm³/mol. The van der Waals surface area contributed by atoms with Crippen molar-refractivity contribution in [2.45, 2.75) is 40.0 Å². The van der Waals surface area contributed by atoms with E-state index in [4.69, 9.17) is 5.11 Å². The Morgan fingerprint density at radius 1 is 1.58 bits per heavy atom. The van der Waals surface area contributed by atoms with Crippen LogP contribution in [0.25, 0.3) is 0 Å². The second-order valence-electron chi connectivity index (χ2n) is 4.22. The molecule has 12 heavy (non-hydrogen) atoms. The monoisotopic (exact) mass is 166 g/mol. The lowest BCUT2D eigenvalue weighted by molar-refractivity contribution is 0.374. The normalized spacial score (nSPS) is 23.6. The highest BCUT2D eigenvalue weighted by Gasteiger charge is 2.23. The Kier molecular flexibility index (Phi) is 2.61. The van der Waals surface area contributed by atoms with Crippen LogP contribution in [0.3, 0.4) is 0 Å². The van der Waals surface area contributed by atoms with Crippen LogP contribution in [-0.2, 0) is 0 Å². The molecule has 0 unspecified atom stereocenters. The van der Waals surface area contributed by atoms with Crippen molar-refractivity contribution in [3.8, 4) is 0 Å². The third-order valence-electron chi connectivity index (χ3n) is 2.52. The summed E-state index contributed by atoms with van der Waals surface area (Å²) in [5, 5.41) is 9.16. The summed E-state index contributed by atoms with van der Waals surface area (Å²) in [6.07, 6.45) is 7.78. The van der Waals surface area contributed by atoms with Gasteiger partial charge in [-0.1, -0.05) is 19.9 Å². The molecule has 1 aliphatic rings. The Morgan fingerprint density at radius 2 is 2.25 bits per heavy atom. The van der Waals surface area contributed by atoms with E-state index < -0.39 is 0 Å². The summed E-state index contributed by atoms with van der Waals surface area (Å²) in [7, 11) is 0. The topological polar surface area (TPSA) is 20.2 Å². The van der Waals surface area contributed by atoms with Gasteiger partial charge in [0.05, 0.1) is 5.76 Å². The summed E-state index contributed by atoms with van der Waals surface area (Å²) in [6.45, 7) is 6.19. The van der Waals surface area contributed by atoms with Gasteiger partial charge in [0.1, 0.15) is 0 Å². The fourth-order valence-electron chi connectivity index (χ4n) is 1.70. The number of hydrogen-bond donors (Lipinski definition) is 1. The first-order valence-electron chi connectivity index (χ1n) is 4.60. The minimum absolute atomic E-state index is 0.252. The smallest absolute Gasteiger partial charge is 0.0894 e. The molecule has 0 heterocycles. The minimum atomic E-state index is 0.252. The van der Waals surface area contributed by atoms with Gasteiger partial charge in [-0.15, -0.1) is 0 Å². The first kappa shape index (κ1) is 9.37. The van der Waals surface area contributed by atoms with Crippen LogP contribution < -0.4 is 0 Å². The van der Waals surface area contributed by atoms with E-state index in [0.717, 1.165) is 6.42 Å². The Morgan fingerprint density at radius 3 is 2.75 bits per heavy atom. The number of rotatable bonds is 1. The molecule has 0 fully saturated rings. The Bertz CT molecular complexity index is 217. The van der Waals surface area contributed by atoms with Crippen molar-refractivity contribution in [1.29, 1.82) is 0 Å². The molecule has 0 saturated heterocycles. The summed E-state index contributed by atoms with van der Waals surface area (Å²) in [6, 6.07) is 0. The largest absolute Gasteiger partial charge is 0.513 e. The van der Waals surface area contributed by atoms with Gasteiger partial charge >= 0.3 is 0 Å². The Labute approximate surface area is 74.8 Å². The van der Waals surface area contributed by atoms with Crippen LogP contribution in [0.15, 0.2) is 23.5 Å². The molecular formula is C11H18O. The van der Waals surface area contributed by atoms with Gasteiger partial charge in [0.15, 0.2) is 0 Å². The van der Waals surface area contributed by atoms with Crippen molar-refractivity contribution in [1.82, 2.24) is 0 Å². The molecule has 0 saturated carbocycles. The third-order valence-corrected chi connectivity index (χ3v) is 2.52. The SMILES string of the molecule is CC(O)=CC1=CCCCC1(C)C. The van der Waals surface area contributed by atoms with Crippen molar-refractivity contribution in [2.24, 2.45) is 5.41 Å². The second-order valence-corrected chi connectivity index (χ2v) is 4.22. The van der Waals surface area contributed by atoms with Gasteiger partial charge in [0.2, 0.25) is 0 Å². The van der Waals surface area contributed by atoms with Gasteiger partial charge in [0, 0.05) is 0 Å². The van der Waals surface area contributed by atoms with Crippen molar-refractivity contribution < 1.29 is 5.11 Å². The molecule has 0 atom stereocenters. The lowest BCUT2D eigenvalue weighted by Crippen LogP contribution is -2.16. The van der Waals surface area contributed by atoms with Crippen LogP contribution in [0.2, 0.25) is 0 Å². The van der Waals surface area contributed by atoms with E-state index in [-0.39, 0.29) is 5.41 Å². The zero-order valence-corrected chi connectivity index (χ0v) is 8.22. The highest BCUT2D eigenvalue weighted by atomic mass is 16.3. The lowest BCUT2D eigenvalue weighted by atomic mass is 9.75. The summed E-state index contributed by atoms with van der Waals surface area (Å²) < 4.78 is 0. The maximum atomic E-state index is 9.16. The summed E-state index contributed by atoms with van der Waals surface area (Å²) in [5.41, 5.74) is 1.54. The first-order chi connectivity index (χ1) is 5.52. The van der Waals surface area contributed by atoms with Crippen molar-refractivity contribution in [3.63, 3.8) is 0 Å². The van der Waals surface area contributed by atoms with Crippen LogP contribution >= 0.6 is 0 Å². The Balaban J connectivity index is 2.86. The third kappa shape index (κ3) is 2.13. The van der Waals surface area contributed by atoms with Crippen LogP contribution in [0.4, 0.5) is 0 Å². The molecule has 0 aromatic carbocycles. The molecule has 0 aromatic rings. The molecule has 0 aromatic heterocycles. The molecule has 0 bridgehead atoms. The Hall–Kier alpha value is -0.720. The fourth-order valence-corrected chi connectivity index (χ4v) is 1.70. The standard InChI is InChI=1S/C11H18O/c1-9(12)8-10-6-4-5-7-11(10,2)3/h6,8,12H,4-5,7H2,1-3H3. The van der Waals surface area contributed by atoms with E-state index in [1.165, 1.54) is 18.4 Å². The number of hydrogen-bond acceptors (Lipinski definition) is 1. The maximum absolute atomic E-state index is 9.16. The summed E-state index contributed by atoms with van der Waals surface area (Å²) in [5.74, 6) is 0.413. The molecule has 1 rings (SSSR count). The van der Waals surface area contributed by atoms with E-state index in [1.54, 1.807) is 6.92 Å². The highest BCUT2D eigenvalue weighted by Crippen LogP contribution is 2.37. The average molecular weight is 166 g/mol. The van der Waals surface area contributed by atoms with E-state index in [0.29, 0.717) is 5.76 Å². The quantitative estimate of drug-likeness (QED) is 0.590. The van der Waals surface area contributed by atoms with Crippen molar-refractivity contribution >= 4 is 0 Å². The van der Waals surface area contributed by atoms with Gasteiger partial charge in [-0.25, -0.2) is 0 Å². The van der Waals surface area contributed by atoms with Gasteiger partial charge in [-0.3, -0.25) is 0 Å². The summed E-state index contributed by atoms with van der Waals surface area (Å²) in [4.78, 5) is 0. The molecule has 1 N–H and O–H groups in total. The molecule has 0 amide bonds. The number of aliphatic hydroxyl groups excluding tert-OH is 1. The first-order valence-corrected chi connectivity index (χ1v) is 4.60.